The predicted molar refractivity (Wildman–Crippen MR) is 135 cm³/mol. The Kier molecular flexibility index (Phi) is 9.65. The van der Waals surface area contributed by atoms with Crippen molar-refractivity contribution in [1.82, 2.24) is 0 Å². The van der Waals surface area contributed by atoms with Gasteiger partial charge in [-0.3, -0.25) is 9.52 Å². The summed E-state index contributed by atoms with van der Waals surface area (Å²) in [5, 5.41) is -0.868. The summed E-state index contributed by atoms with van der Waals surface area (Å²) < 4.78 is 50.7. The van der Waals surface area contributed by atoms with E-state index in [9.17, 15) is 13.2 Å². The molecule has 2 aromatic carbocycles. The van der Waals surface area contributed by atoms with Crippen LogP contribution in [-0.2, 0) is 26.0 Å². The van der Waals surface area contributed by atoms with Gasteiger partial charge in [0.25, 0.3) is 0 Å². The summed E-state index contributed by atoms with van der Waals surface area (Å²) in [4.78, 5) is 12.9. The Morgan fingerprint density at radius 2 is 1.60 bits per heavy atom. The second kappa shape index (κ2) is 12.7. The third-order valence-corrected chi connectivity index (χ3v) is 8.16. The van der Waals surface area contributed by atoms with Gasteiger partial charge in [-0.2, -0.15) is 0 Å². The Balaban J connectivity index is 1.62. The zero-order chi connectivity index (χ0) is 25.3. The summed E-state index contributed by atoms with van der Waals surface area (Å²) in [7, 11) is 0.524. The number of nitrogens with one attached hydrogen (secondary N) is 1. The molecule has 0 aromatic heterocycles. The van der Waals surface area contributed by atoms with E-state index < -0.39 is 27.2 Å². The van der Waals surface area contributed by atoms with Crippen LogP contribution in [0.2, 0.25) is 0 Å². The number of rotatable bonds is 12. The molecule has 0 radical (unpaired) electrons. The molecular weight excluding hydrogens is 470 g/mol. The zero-order valence-corrected chi connectivity index (χ0v) is 21.4. The fourth-order valence-corrected chi connectivity index (χ4v) is 6.23. The van der Waals surface area contributed by atoms with Crippen LogP contribution in [0.5, 0.6) is 17.2 Å². The number of methoxy groups -OCH3 is 3. The Labute approximate surface area is 208 Å². The summed E-state index contributed by atoms with van der Waals surface area (Å²) >= 11 is 0. The molecule has 0 spiro atoms. The first-order valence-corrected chi connectivity index (χ1v) is 13.5. The fraction of sp³-hybridized carbons (Fsp3) is 0.500. The lowest BCUT2D eigenvalue weighted by Crippen LogP contribution is -2.41. The molecule has 1 saturated carbocycles. The SMILES string of the molecule is COc1cc(NS(=O)(=O)C2CCCC[C@H]2C(=O)OCCCCc2ccccc2)cc(OC)c1OC. The minimum absolute atomic E-state index is 0.276. The van der Waals surface area contributed by atoms with Crippen LogP contribution in [0.1, 0.15) is 44.1 Å². The molecule has 1 aliphatic rings. The van der Waals surface area contributed by atoms with Crippen molar-refractivity contribution in [1.29, 1.82) is 0 Å². The average molecular weight is 506 g/mol. The molecule has 0 amide bonds. The van der Waals surface area contributed by atoms with Crippen molar-refractivity contribution in [2.75, 3.05) is 32.7 Å². The lowest BCUT2D eigenvalue weighted by molar-refractivity contribution is -0.149. The largest absolute Gasteiger partial charge is 0.493 e. The van der Waals surface area contributed by atoms with E-state index in [1.165, 1.54) is 39.0 Å². The molecule has 1 fully saturated rings. The molecule has 1 aliphatic carbocycles. The molecule has 0 saturated heterocycles. The number of carbonyl (C=O) groups excluding carboxylic acids is 1. The van der Waals surface area contributed by atoms with Crippen molar-refractivity contribution in [3.63, 3.8) is 0 Å². The maximum absolute atomic E-state index is 13.3. The number of esters is 1. The average Bonchev–Trinajstić information content (AvgIpc) is 2.88. The molecule has 35 heavy (non-hydrogen) atoms. The molecule has 0 aliphatic heterocycles. The van der Waals surface area contributed by atoms with E-state index in [1.54, 1.807) is 0 Å². The smallest absolute Gasteiger partial charge is 0.310 e. The quantitative estimate of drug-likeness (QED) is 0.333. The highest BCUT2D eigenvalue weighted by atomic mass is 32.2. The number of ether oxygens (including phenoxy) is 4. The minimum Gasteiger partial charge on any atom is -0.493 e. The molecule has 9 heteroatoms. The van der Waals surface area contributed by atoms with Crippen LogP contribution >= 0.6 is 0 Å². The Hall–Kier alpha value is -2.94. The van der Waals surface area contributed by atoms with Crippen molar-refractivity contribution in [3.8, 4) is 17.2 Å². The topological polar surface area (TPSA) is 100 Å². The molecule has 3 rings (SSSR count). The van der Waals surface area contributed by atoms with Gasteiger partial charge >= 0.3 is 5.97 Å². The second-order valence-corrected chi connectivity index (χ2v) is 10.5. The highest BCUT2D eigenvalue weighted by Crippen LogP contribution is 2.41. The van der Waals surface area contributed by atoms with Crippen molar-refractivity contribution in [2.45, 2.75) is 50.2 Å². The lowest BCUT2D eigenvalue weighted by Gasteiger charge is -2.30. The highest BCUT2D eigenvalue weighted by molar-refractivity contribution is 7.93. The fourth-order valence-electron chi connectivity index (χ4n) is 4.47. The Morgan fingerprint density at radius 3 is 2.23 bits per heavy atom. The molecule has 2 aromatic rings. The number of hydrogen-bond acceptors (Lipinski definition) is 7. The van der Waals surface area contributed by atoms with Gasteiger partial charge in [0, 0.05) is 12.1 Å². The van der Waals surface area contributed by atoms with Gasteiger partial charge in [0.15, 0.2) is 11.5 Å². The first kappa shape index (κ1) is 26.7. The number of benzene rings is 2. The summed E-state index contributed by atoms with van der Waals surface area (Å²) in [6, 6.07) is 13.2. The van der Waals surface area contributed by atoms with Crippen molar-refractivity contribution >= 4 is 21.7 Å². The summed E-state index contributed by atoms with van der Waals surface area (Å²) in [5.74, 6) is -0.106. The van der Waals surface area contributed by atoms with Crippen LogP contribution in [0.4, 0.5) is 5.69 Å². The van der Waals surface area contributed by atoms with Gasteiger partial charge in [-0.25, -0.2) is 8.42 Å². The maximum atomic E-state index is 13.3. The molecule has 2 atom stereocenters. The maximum Gasteiger partial charge on any atom is 0.310 e. The van der Waals surface area contributed by atoms with Crippen molar-refractivity contribution in [2.24, 2.45) is 5.92 Å². The van der Waals surface area contributed by atoms with Gasteiger partial charge in [-0.1, -0.05) is 43.2 Å². The normalized spacial score (nSPS) is 17.9. The van der Waals surface area contributed by atoms with E-state index in [0.29, 0.717) is 30.1 Å². The van der Waals surface area contributed by atoms with E-state index >= 15 is 0 Å². The van der Waals surface area contributed by atoms with Gasteiger partial charge in [-0.15, -0.1) is 0 Å². The van der Waals surface area contributed by atoms with E-state index in [-0.39, 0.29) is 12.3 Å². The van der Waals surface area contributed by atoms with Crippen LogP contribution in [-0.4, -0.2) is 47.6 Å². The predicted octanol–water partition coefficient (Wildman–Crippen LogP) is 4.58. The minimum atomic E-state index is -3.87. The number of carbonyl (C=O) groups is 1. The molecule has 0 heterocycles. The number of anilines is 1. The third kappa shape index (κ3) is 7.04. The highest BCUT2D eigenvalue weighted by Gasteiger charge is 2.40. The summed E-state index contributed by atoms with van der Waals surface area (Å²) in [6.45, 7) is 0.287. The van der Waals surface area contributed by atoms with E-state index in [1.807, 2.05) is 18.2 Å². The Morgan fingerprint density at radius 1 is 0.943 bits per heavy atom. The monoisotopic (exact) mass is 505 g/mol. The third-order valence-electron chi connectivity index (χ3n) is 6.28. The standard InChI is InChI=1S/C26H35NO7S/c1-31-22-17-20(18-23(32-2)25(22)33-3)27-35(29,30)24-15-8-7-14-21(24)26(28)34-16-10-9-13-19-11-5-4-6-12-19/h4-6,11-12,17-18,21,24,27H,7-10,13-16H2,1-3H3/t21-,24?/m1/s1. The number of hydrogen-bond donors (Lipinski definition) is 1. The number of unbranched alkanes of at least 4 members (excludes halogenated alkanes) is 1. The van der Waals surface area contributed by atoms with Gasteiger partial charge in [0.05, 0.1) is 44.8 Å². The van der Waals surface area contributed by atoms with Crippen LogP contribution in [0.25, 0.3) is 0 Å². The first-order chi connectivity index (χ1) is 16.9. The molecule has 0 bridgehead atoms. The molecule has 1 N–H and O–H groups in total. The molecule has 192 valence electrons. The number of sulfonamides is 1. The van der Waals surface area contributed by atoms with Gasteiger partial charge in [0.2, 0.25) is 15.8 Å². The van der Waals surface area contributed by atoms with Gasteiger partial charge < -0.3 is 18.9 Å². The summed E-state index contributed by atoms with van der Waals surface area (Å²) in [6.07, 6.45) is 4.96. The number of aryl methyl sites for hydroxylation is 1. The van der Waals surface area contributed by atoms with E-state index in [0.717, 1.165) is 32.1 Å². The van der Waals surface area contributed by atoms with Crippen molar-refractivity contribution in [3.05, 3.63) is 48.0 Å². The van der Waals surface area contributed by atoms with E-state index in [4.69, 9.17) is 18.9 Å². The summed E-state index contributed by atoms with van der Waals surface area (Å²) in [5.41, 5.74) is 1.52. The zero-order valence-electron chi connectivity index (χ0n) is 20.6. The van der Waals surface area contributed by atoms with E-state index in [2.05, 4.69) is 16.9 Å². The molecule has 1 unspecified atom stereocenters. The molecule has 8 nitrogen and oxygen atoms in total. The van der Waals surface area contributed by atoms with Crippen LogP contribution in [0.15, 0.2) is 42.5 Å². The van der Waals surface area contributed by atoms with Crippen LogP contribution in [0.3, 0.4) is 0 Å². The second-order valence-electron chi connectivity index (χ2n) is 8.60. The lowest BCUT2D eigenvalue weighted by atomic mass is 9.89. The molecular formula is C26H35NO7S. The van der Waals surface area contributed by atoms with Gasteiger partial charge in [-0.05, 0) is 37.7 Å². The van der Waals surface area contributed by atoms with Crippen LogP contribution in [0, 0.1) is 5.92 Å². The van der Waals surface area contributed by atoms with Crippen molar-refractivity contribution < 1.29 is 32.2 Å². The van der Waals surface area contributed by atoms with Gasteiger partial charge in [0.1, 0.15) is 0 Å². The van der Waals surface area contributed by atoms with Crippen LogP contribution < -0.4 is 18.9 Å². The Bertz CT molecular complexity index is 1050. The first-order valence-electron chi connectivity index (χ1n) is 11.9.